The number of hydrogen-bond donors (Lipinski definition) is 1. The second-order valence-electron chi connectivity index (χ2n) is 6.20. The zero-order chi connectivity index (χ0) is 21.2. The van der Waals surface area contributed by atoms with E-state index in [4.69, 9.17) is 13.9 Å². The molecule has 1 heterocycles. The monoisotopic (exact) mass is 420 g/mol. The van der Waals surface area contributed by atoms with Crippen molar-refractivity contribution in [3.63, 3.8) is 0 Å². The minimum Gasteiger partial charge on any atom is -0.495 e. The van der Waals surface area contributed by atoms with Gasteiger partial charge in [0.2, 0.25) is 0 Å². The molecule has 0 fully saturated rings. The van der Waals surface area contributed by atoms with Crippen molar-refractivity contribution < 1.29 is 27.1 Å². The molecule has 0 aliphatic rings. The molecule has 0 saturated carbocycles. The Bertz CT molecular complexity index is 1230. The Morgan fingerprint density at radius 1 is 1.21 bits per heavy atom. The molecule has 0 bridgehead atoms. The summed E-state index contributed by atoms with van der Waals surface area (Å²) in [5.41, 5.74) is 1.46. The number of ether oxygens (including phenoxy) is 2. The summed E-state index contributed by atoms with van der Waals surface area (Å²) >= 11 is 0. The number of sulfonamides is 1. The third kappa shape index (κ3) is 4.27. The summed E-state index contributed by atoms with van der Waals surface area (Å²) < 4.78 is 44.3. The predicted molar refractivity (Wildman–Crippen MR) is 106 cm³/mol. The van der Waals surface area contributed by atoms with E-state index in [9.17, 15) is 18.0 Å². The van der Waals surface area contributed by atoms with E-state index in [-0.39, 0.29) is 34.8 Å². The highest BCUT2D eigenvalue weighted by molar-refractivity contribution is 7.92. The summed E-state index contributed by atoms with van der Waals surface area (Å²) in [7, 11) is -2.54. The zero-order valence-electron chi connectivity index (χ0n) is 16.1. The van der Waals surface area contributed by atoms with Crippen LogP contribution in [-0.2, 0) is 26.1 Å². The zero-order valence-corrected chi connectivity index (χ0v) is 16.9. The third-order valence-electron chi connectivity index (χ3n) is 4.14. The van der Waals surface area contributed by atoms with Gasteiger partial charge in [0.15, 0.2) is 5.58 Å². The fourth-order valence-electron chi connectivity index (χ4n) is 2.80. The van der Waals surface area contributed by atoms with Gasteiger partial charge in [-0.2, -0.15) is 0 Å². The van der Waals surface area contributed by atoms with E-state index in [1.807, 2.05) is 6.92 Å². The highest BCUT2D eigenvalue weighted by atomic mass is 32.2. The maximum atomic E-state index is 12.8. The molecule has 0 atom stereocenters. The highest BCUT2D eigenvalue weighted by Crippen LogP contribution is 2.28. The molecular formula is C19H20N2O7S. The first-order chi connectivity index (χ1) is 13.7. The lowest BCUT2D eigenvalue weighted by molar-refractivity contribution is -0.143. The van der Waals surface area contributed by atoms with Crippen LogP contribution in [0.5, 0.6) is 5.75 Å². The summed E-state index contributed by atoms with van der Waals surface area (Å²) in [5.74, 6) is -1.01. The van der Waals surface area contributed by atoms with Crippen molar-refractivity contribution in [1.82, 2.24) is 4.57 Å². The number of aromatic nitrogens is 1. The van der Waals surface area contributed by atoms with Crippen molar-refractivity contribution in [2.24, 2.45) is 0 Å². The van der Waals surface area contributed by atoms with E-state index >= 15 is 0 Å². The van der Waals surface area contributed by atoms with Crippen molar-refractivity contribution in [2.75, 3.05) is 18.4 Å². The van der Waals surface area contributed by atoms with E-state index in [0.29, 0.717) is 5.75 Å². The second-order valence-corrected chi connectivity index (χ2v) is 7.88. The molecule has 9 nitrogen and oxygen atoms in total. The van der Waals surface area contributed by atoms with Crippen LogP contribution in [0.3, 0.4) is 0 Å². The number of nitrogens with one attached hydrogen (secondary N) is 1. The van der Waals surface area contributed by atoms with Gasteiger partial charge >= 0.3 is 11.7 Å². The summed E-state index contributed by atoms with van der Waals surface area (Å²) in [6.45, 7) is 3.33. The van der Waals surface area contributed by atoms with Gasteiger partial charge in [-0.1, -0.05) is 6.07 Å². The molecular weight excluding hydrogens is 400 g/mol. The van der Waals surface area contributed by atoms with E-state index in [0.717, 1.165) is 10.1 Å². The van der Waals surface area contributed by atoms with Crippen LogP contribution in [0.1, 0.15) is 12.5 Å². The SMILES string of the molecule is CCOC(=O)Cn1c(=O)oc2cc(S(=O)(=O)Nc3cc(C)ccc3OC)ccc21. The molecule has 2 aromatic carbocycles. The van der Waals surface area contributed by atoms with Crippen LogP contribution in [-0.4, -0.2) is 32.7 Å². The van der Waals surface area contributed by atoms with Crippen LogP contribution in [0, 0.1) is 6.92 Å². The standard InChI is InChI=1S/C19H20N2O7S/c1-4-27-18(22)11-21-15-7-6-13(10-17(15)28-19(21)23)29(24,25)20-14-9-12(2)5-8-16(14)26-3/h5-10,20H,4,11H2,1-3H3. The molecule has 0 aliphatic heterocycles. The maximum Gasteiger partial charge on any atom is 0.420 e. The van der Waals surface area contributed by atoms with Crippen molar-refractivity contribution in [2.45, 2.75) is 25.3 Å². The van der Waals surface area contributed by atoms with Crippen molar-refractivity contribution in [3.8, 4) is 5.75 Å². The Balaban J connectivity index is 1.97. The number of benzene rings is 2. The molecule has 0 unspecified atom stereocenters. The molecule has 3 rings (SSSR count). The number of rotatable bonds is 7. The summed E-state index contributed by atoms with van der Waals surface area (Å²) in [6.07, 6.45) is 0. The Morgan fingerprint density at radius 2 is 1.97 bits per heavy atom. The molecule has 1 N–H and O–H groups in total. The molecule has 0 spiro atoms. The minimum atomic E-state index is -3.98. The van der Waals surface area contributed by atoms with Gasteiger partial charge in [-0.05, 0) is 43.7 Å². The number of carbonyl (C=O) groups excluding carboxylic acids is 1. The molecule has 1 aromatic heterocycles. The average Bonchev–Trinajstić information content (AvgIpc) is 2.96. The summed E-state index contributed by atoms with van der Waals surface area (Å²) in [4.78, 5) is 23.6. The van der Waals surface area contributed by atoms with Gasteiger partial charge in [0, 0.05) is 6.07 Å². The number of oxazole rings is 1. The van der Waals surface area contributed by atoms with Gasteiger partial charge in [-0.3, -0.25) is 14.1 Å². The van der Waals surface area contributed by atoms with Crippen LogP contribution in [0.4, 0.5) is 5.69 Å². The molecule has 0 amide bonds. The predicted octanol–water partition coefficient (Wildman–Crippen LogP) is 2.28. The first-order valence-electron chi connectivity index (χ1n) is 8.71. The fraction of sp³-hybridized carbons (Fsp3) is 0.263. The second kappa shape index (κ2) is 8.00. The topological polar surface area (TPSA) is 117 Å². The van der Waals surface area contributed by atoms with Crippen LogP contribution < -0.4 is 15.2 Å². The van der Waals surface area contributed by atoms with E-state index in [2.05, 4.69) is 4.72 Å². The lowest BCUT2D eigenvalue weighted by atomic mass is 10.2. The molecule has 3 aromatic rings. The number of methoxy groups -OCH3 is 1. The van der Waals surface area contributed by atoms with Crippen LogP contribution in [0.15, 0.2) is 50.5 Å². The smallest absolute Gasteiger partial charge is 0.420 e. The van der Waals surface area contributed by atoms with Gasteiger partial charge in [-0.15, -0.1) is 0 Å². The molecule has 0 radical (unpaired) electrons. The fourth-order valence-corrected chi connectivity index (χ4v) is 3.88. The number of esters is 1. The highest BCUT2D eigenvalue weighted by Gasteiger charge is 2.20. The normalized spacial score (nSPS) is 11.4. The first-order valence-corrected chi connectivity index (χ1v) is 10.2. The Kier molecular flexibility index (Phi) is 5.64. The number of fused-ring (bicyclic) bond motifs is 1. The van der Waals surface area contributed by atoms with Gasteiger partial charge < -0.3 is 13.9 Å². The van der Waals surface area contributed by atoms with Gasteiger partial charge in [0.05, 0.1) is 29.8 Å². The Labute approximate surface area is 166 Å². The third-order valence-corrected chi connectivity index (χ3v) is 5.51. The number of hydrogen-bond acceptors (Lipinski definition) is 7. The van der Waals surface area contributed by atoms with E-state index in [1.165, 1.54) is 25.3 Å². The van der Waals surface area contributed by atoms with Gasteiger partial charge in [-0.25, -0.2) is 13.2 Å². The molecule has 154 valence electrons. The molecule has 0 saturated heterocycles. The average molecular weight is 420 g/mol. The lowest BCUT2D eigenvalue weighted by Crippen LogP contribution is -2.21. The van der Waals surface area contributed by atoms with E-state index < -0.39 is 21.7 Å². The lowest BCUT2D eigenvalue weighted by Gasteiger charge is -2.12. The number of anilines is 1. The van der Waals surface area contributed by atoms with Crippen molar-refractivity contribution >= 4 is 32.8 Å². The van der Waals surface area contributed by atoms with Crippen LogP contribution >= 0.6 is 0 Å². The van der Waals surface area contributed by atoms with Gasteiger partial charge in [0.1, 0.15) is 12.3 Å². The quantitative estimate of drug-likeness (QED) is 0.583. The maximum absolute atomic E-state index is 12.8. The molecule has 10 heteroatoms. The number of nitrogens with zero attached hydrogens (tertiary/aromatic N) is 1. The first kappa shape index (κ1) is 20.5. The minimum absolute atomic E-state index is 0.0402. The van der Waals surface area contributed by atoms with Crippen molar-refractivity contribution in [3.05, 3.63) is 52.5 Å². The van der Waals surface area contributed by atoms with E-state index in [1.54, 1.807) is 25.1 Å². The van der Waals surface area contributed by atoms with Crippen molar-refractivity contribution in [1.29, 1.82) is 0 Å². The van der Waals surface area contributed by atoms with Gasteiger partial charge in [0.25, 0.3) is 10.0 Å². The Hall–Kier alpha value is -3.27. The summed E-state index contributed by atoms with van der Waals surface area (Å²) in [6, 6.07) is 9.05. The molecule has 0 aliphatic carbocycles. The summed E-state index contributed by atoms with van der Waals surface area (Å²) in [5, 5.41) is 0. The number of carbonyl (C=O) groups is 1. The Morgan fingerprint density at radius 3 is 2.66 bits per heavy atom. The largest absolute Gasteiger partial charge is 0.495 e. The number of aryl methyl sites for hydroxylation is 1. The van der Waals surface area contributed by atoms with Crippen LogP contribution in [0.25, 0.3) is 11.1 Å². The molecule has 29 heavy (non-hydrogen) atoms. The van der Waals surface area contributed by atoms with Crippen LogP contribution in [0.2, 0.25) is 0 Å².